The van der Waals surface area contributed by atoms with Crippen LogP contribution in [0.2, 0.25) is 0 Å². The number of phenolic OH excluding ortho intramolecular Hbond substituents is 2. The number of hydrogen-bond acceptors (Lipinski definition) is 2. The molecule has 0 spiro atoms. The number of aromatic nitrogens is 2. The topological polar surface area (TPSA) is 49.3 Å². The maximum absolute atomic E-state index is 9.72. The molecule has 2 aromatic carbocycles. The second-order valence-electron chi connectivity index (χ2n) is 10.0. The zero-order chi connectivity index (χ0) is 24.4. The van der Waals surface area contributed by atoms with Gasteiger partial charge in [-0.1, -0.05) is 76.1 Å². The summed E-state index contributed by atoms with van der Waals surface area (Å²) >= 11 is 0. The molecule has 4 heteroatoms. The Morgan fingerprint density at radius 1 is 0.706 bits per heavy atom. The molecule has 0 bridgehead atoms. The van der Waals surface area contributed by atoms with Crippen molar-refractivity contribution in [2.24, 2.45) is 7.05 Å². The Labute approximate surface area is 205 Å². The lowest BCUT2D eigenvalue weighted by Crippen LogP contribution is -2.29. The summed E-state index contributed by atoms with van der Waals surface area (Å²) in [5, 5.41) is 19.4. The predicted molar refractivity (Wildman–Crippen MR) is 139 cm³/mol. The number of aryl methyl sites for hydroxylation is 2. The molecule has 184 valence electrons. The van der Waals surface area contributed by atoms with Crippen LogP contribution in [0.3, 0.4) is 0 Å². The lowest BCUT2D eigenvalue weighted by atomic mass is 9.72. The van der Waals surface area contributed by atoms with E-state index in [9.17, 15) is 10.2 Å². The number of unbranched alkanes of at least 4 members (excludes halogenated alkanes) is 8. The van der Waals surface area contributed by atoms with Gasteiger partial charge >= 0.3 is 0 Å². The fourth-order valence-corrected chi connectivity index (χ4v) is 4.95. The van der Waals surface area contributed by atoms with Crippen molar-refractivity contribution in [2.75, 3.05) is 0 Å². The first kappa shape index (κ1) is 25.9. The van der Waals surface area contributed by atoms with Crippen molar-refractivity contribution < 1.29 is 14.8 Å². The Morgan fingerprint density at radius 2 is 1.15 bits per heavy atom. The highest BCUT2D eigenvalue weighted by atomic mass is 16.3. The van der Waals surface area contributed by atoms with Crippen molar-refractivity contribution >= 4 is 0 Å². The molecule has 0 saturated carbocycles. The van der Waals surface area contributed by atoms with E-state index in [-0.39, 0.29) is 5.41 Å². The van der Waals surface area contributed by atoms with Gasteiger partial charge in [0.2, 0.25) is 0 Å². The summed E-state index contributed by atoms with van der Waals surface area (Å²) in [7, 11) is 2.10. The quantitative estimate of drug-likeness (QED) is 0.201. The van der Waals surface area contributed by atoms with Crippen LogP contribution in [0.4, 0.5) is 0 Å². The van der Waals surface area contributed by atoms with Crippen LogP contribution >= 0.6 is 0 Å². The van der Waals surface area contributed by atoms with Gasteiger partial charge in [0.1, 0.15) is 23.9 Å². The first-order chi connectivity index (χ1) is 16.4. The summed E-state index contributed by atoms with van der Waals surface area (Å²) in [6, 6.07) is 15.2. The van der Waals surface area contributed by atoms with E-state index in [1.165, 1.54) is 74.7 Å². The van der Waals surface area contributed by atoms with Crippen molar-refractivity contribution in [3.63, 3.8) is 0 Å². The zero-order valence-corrected chi connectivity index (χ0v) is 21.3. The highest BCUT2D eigenvalue weighted by Crippen LogP contribution is 2.38. The van der Waals surface area contributed by atoms with Crippen molar-refractivity contribution in [3.8, 4) is 11.5 Å². The van der Waals surface area contributed by atoms with Gasteiger partial charge in [0.25, 0.3) is 5.82 Å². The number of imidazole rings is 1. The Hall–Kier alpha value is -2.75. The number of rotatable bonds is 14. The maximum atomic E-state index is 9.72. The summed E-state index contributed by atoms with van der Waals surface area (Å²) in [4.78, 5) is 0. The van der Waals surface area contributed by atoms with Crippen LogP contribution in [-0.2, 0) is 19.0 Å². The molecule has 0 radical (unpaired) electrons. The Bertz CT molecular complexity index is 944. The molecule has 2 N–H and O–H groups in total. The minimum atomic E-state index is -0.128. The first-order valence-corrected chi connectivity index (χ1v) is 13.0. The lowest BCUT2D eigenvalue weighted by Gasteiger charge is -2.31. The van der Waals surface area contributed by atoms with Gasteiger partial charge in [0, 0.05) is 12.3 Å². The van der Waals surface area contributed by atoms with E-state index in [2.05, 4.69) is 42.4 Å². The van der Waals surface area contributed by atoms with Crippen LogP contribution in [0, 0.1) is 6.92 Å². The molecule has 3 aromatic rings. The van der Waals surface area contributed by atoms with E-state index < -0.39 is 0 Å². The third kappa shape index (κ3) is 7.12. The minimum absolute atomic E-state index is 0.128. The molecule has 4 nitrogen and oxygen atoms in total. The van der Waals surface area contributed by atoms with Crippen LogP contribution in [0.15, 0.2) is 60.9 Å². The second-order valence-corrected chi connectivity index (χ2v) is 10.0. The number of hydrogen-bond donors (Lipinski definition) is 2. The van der Waals surface area contributed by atoms with Crippen molar-refractivity contribution in [3.05, 3.63) is 77.9 Å². The second kappa shape index (κ2) is 12.6. The molecule has 3 rings (SSSR count). The molecule has 0 atom stereocenters. The van der Waals surface area contributed by atoms with E-state index in [0.29, 0.717) is 11.5 Å². The third-order valence-electron chi connectivity index (χ3n) is 7.48. The standard InChI is InChI=1S/C30H42N2O2/c1-25-31(3)23-24-32(25)22-12-10-8-6-4-5-7-9-11-21-30(2,26-13-17-28(33)18-14-26)27-15-19-29(34)20-16-27/h13-20,23-24H,4-12,21-22H2,1-3H3,(H-,33,34)/p+1. The fourth-order valence-electron chi connectivity index (χ4n) is 4.95. The molecule has 0 amide bonds. The molecule has 0 unspecified atom stereocenters. The smallest absolute Gasteiger partial charge is 0.253 e. The minimum Gasteiger partial charge on any atom is -0.508 e. The summed E-state index contributed by atoms with van der Waals surface area (Å²) in [6.07, 6.45) is 17.0. The molecule has 0 saturated heterocycles. The average Bonchev–Trinajstić information content (AvgIpc) is 3.15. The van der Waals surface area contributed by atoms with Gasteiger partial charge in [-0.2, -0.15) is 0 Å². The highest BCUT2D eigenvalue weighted by Gasteiger charge is 2.28. The van der Waals surface area contributed by atoms with Gasteiger partial charge in [-0.05, 0) is 54.7 Å². The monoisotopic (exact) mass is 463 g/mol. The van der Waals surface area contributed by atoms with Crippen LogP contribution in [0.5, 0.6) is 11.5 Å². The first-order valence-electron chi connectivity index (χ1n) is 13.0. The SMILES string of the molecule is Cc1n(CCCCCCCCCCCC(C)(c2ccc(O)cc2)c2ccc(O)cc2)cc[n+]1C. The summed E-state index contributed by atoms with van der Waals surface area (Å²) in [6.45, 7) is 5.59. The molecule has 0 fully saturated rings. The zero-order valence-electron chi connectivity index (χ0n) is 21.3. The van der Waals surface area contributed by atoms with E-state index in [0.717, 1.165) is 13.0 Å². The Kier molecular flexibility index (Phi) is 9.62. The fraction of sp³-hybridized carbons (Fsp3) is 0.500. The van der Waals surface area contributed by atoms with Crippen molar-refractivity contribution in [2.45, 2.75) is 90.0 Å². The largest absolute Gasteiger partial charge is 0.508 e. The van der Waals surface area contributed by atoms with E-state index in [1.54, 1.807) is 24.3 Å². The molecule has 34 heavy (non-hydrogen) atoms. The highest BCUT2D eigenvalue weighted by molar-refractivity contribution is 5.42. The van der Waals surface area contributed by atoms with Crippen LogP contribution in [0.25, 0.3) is 0 Å². The van der Waals surface area contributed by atoms with Crippen LogP contribution in [-0.4, -0.2) is 14.8 Å². The summed E-state index contributed by atoms with van der Waals surface area (Å²) < 4.78 is 4.53. The van der Waals surface area contributed by atoms with E-state index in [1.807, 2.05) is 24.3 Å². The van der Waals surface area contributed by atoms with E-state index >= 15 is 0 Å². The van der Waals surface area contributed by atoms with Gasteiger partial charge in [0.15, 0.2) is 0 Å². The number of aromatic hydroxyl groups is 2. The van der Waals surface area contributed by atoms with E-state index in [4.69, 9.17) is 0 Å². The maximum Gasteiger partial charge on any atom is 0.253 e. The number of nitrogens with zero attached hydrogens (tertiary/aromatic N) is 2. The lowest BCUT2D eigenvalue weighted by molar-refractivity contribution is -0.677. The molecular formula is C30H43N2O2+. The summed E-state index contributed by atoms with van der Waals surface area (Å²) in [5.74, 6) is 1.92. The number of phenols is 2. The normalized spacial score (nSPS) is 11.7. The van der Waals surface area contributed by atoms with Gasteiger partial charge < -0.3 is 10.2 Å². The Morgan fingerprint density at radius 3 is 1.59 bits per heavy atom. The van der Waals surface area contributed by atoms with Gasteiger partial charge in [0.05, 0.1) is 13.6 Å². The van der Waals surface area contributed by atoms with Crippen LogP contribution < -0.4 is 4.57 Å². The number of benzene rings is 2. The van der Waals surface area contributed by atoms with Gasteiger partial charge in [-0.25, -0.2) is 9.13 Å². The molecule has 0 aliphatic heterocycles. The van der Waals surface area contributed by atoms with Crippen molar-refractivity contribution in [1.29, 1.82) is 0 Å². The third-order valence-corrected chi connectivity index (χ3v) is 7.48. The summed E-state index contributed by atoms with van der Waals surface area (Å²) in [5.41, 5.74) is 2.29. The van der Waals surface area contributed by atoms with Gasteiger partial charge in [-0.3, -0.25) is 0 Å². The van der Waals surface area contributed by atoms with Crippen LogP contribution in [0.1, 0.15) is 88.1 Å². The predicted octanol–water partition coefficient (Wildman–Crippen LogP) is 6.94. The molecule has 1 heterocycles. The van der Waals surface area contributed by atoms with Crippen molar-refractivity contribution in [1.82, 2.24) is 4.57 Å². The van der Waals surface area contributed by atoms with Gasteiger partial charge in [-0.15, -0.1) is 0 Å². The molecule has 0 aliphatic rings. The molecule has 0 aliphatic carbocycles. The Balaban J connectivity index is 1.35. The molecular weight excluding hydrogens is 420 g/mol. The average molecular weight is 464 g/mol. The molecule has 1 aromatic heterocycles.